The summed E-state index contributed by atoms with van der Waals surface area (Å²) < 4.78 is 0. The van der Waals surface area contributed by atoms with Crippen LogP contribution in [0.1, 0.15) is 25.7 Å². The quantitative estimate of drug-likeness (QED) is 0.745. The average Bonchev–Trinajstić information content (AvgIpc) is 2.44. The molecule has 0 saturated carbocycles. The van der Waals surface area contributed by atoms with Crippen LogP contribution in [0.3, 0.4) is 0 Å². The smallest absolute Gasteiger partial charge is 0.221 e. The van der Waals surface area contributed by atoms with Gasteiger partial charge in [0.1, 0.15) is 0 Å². The molecule has 0 aromatic heterocycles. The van der Waals surface area contributed by atoms with E-state index in [9.17, 15) is 4.79 Å². The zero-order chi connectivity index (χ0) is 13.8. The first-order valence-corrected chi connectivity index (χ1v) is 7.50. The van der Waals surface area contributed by atoms with Crippen LogP contribution >= 0.6 is 0 Å². The Kier molecular flexibility index (Phi) is 5.19. The van der Waals surface area contributed by atoms with Gasteiger partial charge in [0.25, 0.3) is 0 Å². The SMILES string of the molecule is CNC(=O)CC(CN)N1CCC2C(CCCN2C)C1. The first-order valence-electron chi connectivity index (χ1n) is 7.50. The standard InChI is InChI=1S/C14H28N4O/c1-16-14(19)8-12(9-15)18-7-5-13-11(10-18)4-3-6-17(13)2/h11-13H,3-10,15H2,1-2H3,(H,16,19). The van der Waals surface area contributed by atoms with Crippen molar-refractivity contribution in [3.05, 3.63) is 0 Å². The average molecular weight is 268 g/mol. The first kappa shape index (κ1) is 14.8. The number of nitrogens with one attached hydrogen (secondary N) is 1. The number of likely N-dealkylation sites (tertiary alicyclic amines) is 2. The molecule has 0 spiro atoms. The third kappa shape index (κ3) is 3.46. The fraction of sp³-hybridized carbons (Fsp3) is 0.929. The molecule has 0 aromatic carbocycles. The number of fused-ring (bicyclic) bond motifs is 1. The second-order valence-corrected chi connectivity index (χ2v) is 6.00. The summed E-state index contributed by atoms with van der Waals surface area (Å²) in [6.07, 6.45) is 4.36. The Balaban J connectivity index is 1.93. The summed E-state index contributed by atoms with van der Waals surface area (Å²) in [4.78, 5) is 16.5. The minimum atomic E-state index is 0.0957. The van der Waals surface area contributed by atoms with Gasteiger partial charge in [0.05, 0.1) is 0 Å². The van der Waals surface area contributed by atoms with Crippen LogP contribution in [0.4, 0.5) is 0 Å². The van der Waals surface area contributed by atoms with E-state index < -0.39 is 0 Å². The molecule has 0 aromatic rings. The minimum absolute atomic E-state index is 0.0957. The fourth-order valence-corrected chi connectivity index (χ4v) is 3.69. The summed E-state index contributed by atoms with van der Waals surface area (Å²) in [6, 6.07) is 0.941. The van der Waals surface area contributed by atoms with Gasteiger partial charge in [-0.15, -0.1) is 0 Å². The molecule has 0 radical (unpaired) electrons. The van der Waals surface area contributed by atoms with E-state index in [1.165, 1.54) is 25.8 Å². The van der Waals surface area contributed by atoms with Crippen LogP contribution in [0, 0.1) is 5.92 Å². The maximum absolute atomic E-state index is 11.6. The highest BCUT2D eigenvalue weighted by molar-refractivity contribution is 5.76. The summed E-state index contributed by atoms with van der Waals surface area (Å²) in [7, 11) is 3.94. The van der Waals surface area contributed by atoms with Gasteiger partial charge in [-0.25, -0.2) is 0 Å². The molecule has 2 rings (SSSR count). The number of carbonyl (C=O) groups is 1. The molecule has 110 valence electrons. The van der Waals surface area contributed by atoms with Crippen molar-refractivity contribution in [3.63, 3.8) is 0 Å². The minimum Gasteiger partial charge on any atom is -0.359 e. The van der Waals surface area contributed by atoms with Crippen molar-refractivity contribution in [2.24, 2.45) is 11.7 Å². The van der Waals surface area contributed by atoms with Gasteiger partial charge >= 0.3 is 0 Å². The number of piperidine rings is 2. The monoisotopic (exact) mass is 268 g/mol. The van der Waals surface area contributed by atoms with E-state index in [0.29, 0.717) is 13.0 Å². The number of hydrogen-bond donors (Lipinski definition) is 2. The lowest BCUT2D eigenvalue weighted by Crippen LogP contribution is -2.56. The van der Waals surface area contributed by atoms with E-state index in [0.717, 1.165) is 25.0 Å². The van der Waals surface area contributed by atoms with Gasteiger partial charge in [0, 0.05) is 45.2 Å². The van der Waals surface area contributed by atoms with Crippen molar-refractivity contribution in [3.8, 4) is 0 Å². The number of rotatable bonds is 4. The number of nitrogens with two attached hydrogens (primary N) is 1. The zero-order valence-corrected chi connectivity index (χ0v) is 12.3. The molecule has 1 amide bonds. The first-order chi connectivity index (χ1) is 9.15. The molecule has 5 nitrogen and oxygen atoms in total. The molecule has 2 saturated heterocycles. The Morgan fingerprint density at radius 3 is 2.89 bits per heavy atom. The van der Waals surface area contributed by atoms with Gasteiger partial charge < -0.3 is 16.0 Å². The molecule has 3 unspecified atom stereocenters. The van der Waals surface area contributed by atoms with Gasteiger partial charge in [0.2, 0.25) is 5.91 Å². The van der Waals surface area contributed by atoms with Gasteiger partial charge in [-0.05, 0) is 38.8 Å². The summed E-state index contributed by atoms with van der Waals surface area (Å²) >= 11 is 0. The summed E-state index contributed by atoms with van der Waals surface area (Å²) in [5, 5.41) is 2.70. The second-order valence-electron chi connectivity index (χ2n) is 6.00. The molecule has 2 fully saturated rings. The van der Waals surface area contributed by atoms with Gasteiger partial charge in [-0.3, -0.25) is 9.69 Å². The van der Waals surface area contributed by atoms with Gasteiger partial charge in [0.15, 0.2) is 0 Å². The normalized spacial score (nSPS) is 30.7. The van der Waals surface area contributed by atoms with Crippen molar-refractivity contribution in [1.29, 1.82) is 0 Å². The lowest BCUT2D eigenvalue weighted by molar-refractivity contribution is -0.122. The zero-order valence-electron chi connectivity index (χ0n) is 12.3. The maximum atomic E-state index is 11.6. The van der Waals surface area contributed by atoms with Crippen molar-refractivity contribution >= 4 is 5.91 Å². The third-order valence-electron chi connectivity index (χ3n) is 4.87. The lowest BCUT2D eigenvalue weighted by Gasteiger charge is -2.47. The van der Waals surface area contributed by atoms with E-state index >= 15 is 0 Å². The maximum Gasteiger partial charge on any atom is 0.221 e. The summed E-state index contributed by atoms with van der Waals surface area (Å²) in [5.41, 5.74) is 5.87. The van der Waals surface area contributed by atoms with Crippen molar-refractivity contribution in [2.45, 2.75) is 37.8 Å². The molecule has 3 atom stereocenters. The van der Waals surface area contributed by atoms with E-state index in [2.05, 4.69) is 22.2 Å². The van der Waals surface area contributed by atoms with Crippen molar-refractivity contribution in [1.82, 2.24) is 15.1 Å². The Morgan fingerprint density at radius 1 is 1.42 bits per heavy atom. The molecule has 2 aliphatic rings. The highest BCUT2D eigenvalue weighted by atomic mass is 16.1. The highest BCUT2D eigenvalue weighted by Gasteiger charge is 2.36. The van der Waals surface area contributed by atoms with Crippen molar-refractivity contribution < 1.29 is 4.79 Å². The number of nitrogens with zero attached hydrogens (tertiary/aromatic N) is 2. The van der Waals surface area contributed by atoms with Crippen LogP contribution < -0.4 is 11.1 Å². The lowest BCUT2D eigenvalue weighted by atomic mass is 9.83. The Morgan fingerprint density at radius 2 is 2.21 bits per heavy atom. The predicted molar refractivity (Wildman–Crippen MR) is 76.9 cm³/mol. The highest BCUT2D eigenvalue weighted by Crippen LogP contribution is 2.30. The number of carbonyl (C=O) groups excluding carboxylic acids is 1. The van der Waals surface area contributed by atoms with Gasteiger partial charge in [-0.1, -0.05) is 0 Å². The molecular weight excluding hydrogens is 240 g/mol. The molecule has 0 aliphatic carbocycles. The van der Waals surface area contributed by atoms with Crippen LogP contribution in [-0.4, -0.2) is 68.1 Å². The molecule has 5 heteroatoms. The van der Waals surface area contributed by atoms with Crippen LogP contribution in [0.25, 0.3) is 0 Å². The Bertz CT molecular complexity index is 310. The predicted octanol–water partition coefficient (Wildman–Crippen LogP) is -0.134. The van der Waals surface area contributed by atoms with E-state index in [1.807, 2.05) is 0 Å². The van der Waals surface area contributed by atoms with E-state index in [4.69, 9.17) is 5.73 Å². The molecule has 19 heavy (non-hydrogen) atoms. The van der Waals surface area contributed by atoms with Crippen LogP contribution in [0.2, 0.25) is 0 Å². The van der Waals surface area contributed by atoms with Crippen LogP contribution in [-0.2, 0) is 4.79 Å². The van der Waals surface area contributed by atoms with E-state index in [1.54, 1.807) is 7.05 Å². The number of amides is 1. The molecule has 2 aliphatic heterocycles. The summed E-state index contributed by atoms with van der Waals surface area (Å²) in [6.45, 7) is 3.98. The largest absolute Gasteiger partial charge is 0.359 e. The molecule has 3 N–H and O–H groups in total. The number of hydrogen-bond acceptors (Lipinski definition) is 4. The molecule has 2 heterocycles. The molecule has 0 bridgehead atoms. The van der Waals surface area contributed by atoms with Crippen LogP contribution in [0.5, 0.6) is 0 Å². The fourth-order valence-electron chi connectivity index (χ4n) is 3.69. The topological polar surface area (TPSA) is 61.6 Å². The van der Waals surface area contributed by atoms with E-state index in [-0.39, 0.29) is 11.9 Å². The Labute approximate surface area is 116 Å². The summed E-state index contributed by atoms with van der Waals surface area (Å²) in [5.74, 6) is 0.851. The second kappa shape index (κ2) is 6.68. The molecular formula is C14H28N4O. The Hall–Kier alpha value is -0.650. The third-order valence-corrected chi connectivity index (χ3v) is 4.87. The van der Waals surface area contributed by atoms with Crippen LogP contribution in [0.15, 0.2) is 0 Å². The van der Waals surface area contributed by atoms with Gasteiger partial charge in [-0.2, -0.15) is 0 Å². The van der Waals surface area contributed by atoms with Crippen molar-refractivity contribution in [2.75, 3.05) is 40.3 Å².